The summed E-state index contributed by atoms with van der Waals surface area (Å²) in [5.74, 6) is 2.12. The molecular formula is C11H22OS. The Morgan fingerprint density at radius 1 is 1.54 bits per heavy atom. The third-order valence-corrected chi connectivity index (χ3v) is 3.15. The Hall–Kier alpha value is -0.110. The van der Waals surface area contributed by atoms with E-state index < -0.39 is 10.8 Å². The van der Waals surface area contributed by atoms with Crippen molar-refractivity contribution in [1.29, 1.82) is 0 Å². The summed E-state index contributed by atoms with van der Waals surface area (Å²) >= 11 is 0. The normalized spacial score (nSPS) is 28.8. The third kappa shape index (κ3) is 4.61. The average molecular weight is 202 g/mol. The lowest BCUT2D eigenvalue weighted by molar-refractivity contribution is 0.496. The summed E-state index contributed by atoms with van der Waals surface area (Å²) in [5, 5.41) is 0. The molecule has 0 radical (unpaired) electrons. The van der Waals surface area contributed by atoms with Gasteiger partial charge in [0.05, 0.1) is 0 Å². The molecule has 0 aliphatic heterocycles. The fourth-order valence-electron chi connectivity index (χ4n) is 1.74. The molecule has 0 heterocycles. The van der Waals surface area contributed by atoms with Crippen LogP contribution in [-0.4, -0.2) is 16.2 Å². The van der Waals surface area contributed by atoms with Gasteiger partial charge in [0, 0.05) is 22.8 Å². The van der Waals surface area contributed by atoms with Crippen molar-refractivity contribution < 1.29 is 4.21 Å². The third-order valence-electron chi connectivity index (χ3n) is 2.30. The molecule has 3 atom stereocenters. The molecule has 2 heteroatoms. The molecule has 0 spiro atoms. The van der Waals surface area contributed by atoms with Gasteiger partial charge in [-0.25, -0.2) is 0 Å². The summed E-state index contributed by atoms with van der Waals surface area (Å²) in [4.78, 5) is 0. The molecule has 0 aromatic heterocycles. The summed E-state index contributed by atoms with van der Waals surface area (Å²) in [5.41, 5.74) is 1.47. The second-order valence-corrected chi connectivity index (χ2v) is 5.08. The highest BCUT2D eigenvalue weighted by Gasteiger charge is 2.22. The predicted octanol–water partition coefficient (Wildman–Crippen LogP) is 2.99. The highest BCUT2D eigenvalue weighted by molar-refractivity contribution is 7.84. The molecule has 0 amide bonds. The van der Waals surface area contributed by atoms with Crippen LogP contribution in [0.4, 0.5) is 0 Å². The molecule has 1 rings (SSSR count). The van der Waals surface area contributed by atoms with Crippen LogP contribution >= 0.6 is 0 Å². The van der Waals surface area contributed by atoms with Gasteiger partial charge >= 0.3 is 0 Å². The molecule has 1 aliphatic carbocycles. The topological polar surface area (TPSA) is 17.1 Å². The molecule has 78 valence electrons. The Bertz CT molecular complexity index is 196. The first-order valence-corrected chi connectivity index (χ1v) is 6.79. The summed E-state index contributed by atoms with van der Waals surface area (Å²) in [6, 6.07) is 0. The Morgan fingerprint density at radius 3 is 2.38 bits per heavy atom. The molecule has 0 aromatic rings. The summed E-state index contributed by atoms with van der Waals surface area (Å²) in [6.45, 7) is 8.40. The Balaban J connectivity index is 0.000000671. The van der Waals surface area contributed by atoms with Crippen molar-refractivity contribution in [3.05, 3.63) is 11.6 Å². The van der Waals surface area contributed by atoms with Crippen molar-refractivity contribution in [2.75, 3.05) is 12.0 Å². The van der Waals surface area contributed by atoms with Crippen LogP contribution in [0.3, 0.4) is 0 Å². The number of hydrogen-bond donors (Lipinski definition) is 0. The van der Waals surface area contributed by atoms with E-state index in [0.29, 0.717) is 11.8 Å². The van der Waals surface area contributed by atoms with Gasteiger partial charge < -0.3 is 0 Å². The highest BCUT2D eigenvalue weighted by Crippen LogP contribution is 2.30. The van der Waals surface area contributed by atoms with E-state index in [2.05, 4.69) is 19.9 Å². The van der Waals surface area contributed by atoms with Gasteiger partial charge in [-0.1, -0.05) is 32.4 Å². The summed E-state index contributed by atoms with van der Waals surface area (Å²) in [7, 11) is -0.636. The van der Waals surface area contributed by atoms with Crippen molar-refractivity contribution >= 4 is 10.8 Å². The van der Waals surface area contributed by atoms with Gasteiger partial charge in [0.2, 0.25) is 0 Å². The minimum absolute atomic E-state index is 0.570. The fraction of sp³-hybridized carbons (Fsp3) is 0.818. The predicted molar refractivity (Wildman–Crippen MR) is 61.3 cm³/mol. The quantitative estimate of drug-likeness (QED) is 0.629. The van der Waals surface area contributed by atoms with E-state index in [1.54, 1.807) is 6.26 Å². The van der Waals surface area contributed by atoms with Crippen molar-refractivity contribution in [2.45, 2.75) is 34.1 Å². The Labute approximate surface area is 85.1 Å². The van der Waals surface area contributed by atoms with Crippen molar-refractivity contribution in [1.82, 2.24) is 0 Å². The molecule has 0 aromatic carbocycles. The molecule has 0 N–H and O–H groups in total. The van der Waals surface area contributed by atoms with E-state index >= 15 is 0 Å². The van der Waals surface area contributed by atoms with Crippen LogP contribution in [0, 0.1) is 11.8 Å². The first-order chi connectivity index (χ1) is 6.09. The van der Waals surface area contributed by atoms with Crippen LogP contribution in [-0.2, 0) is 10.8 Å². The lowest BCUT2D eigenvalue weighted by Crippen LogP contribution is -2.12. The van der Waals surface area contributed by atoms with E-state index in [0.717, 1.165) is 5.75 Å². The number of allylic oxidation sites excluding steroid dienone is 2. The zero-order valence-corrected chi connectivity index (χ0v) is 10.3. The molecule has 0 saturated carbocycles. The van der Waals surface area contributed by atoms with Crippen molar-refractivity contribution in [3.63, 3.8) is 0 Å². The molecular weight excluding hydrogens is 180 g/mol. The molecule has 1 aliphatic rings. The van der Waals surface area contributed by atoms with Crippen LogP contribution in [0.15, 0.2) is 11.6 Å². The van der Waals surface area contributed by atoms with Gasteiger partial charge in [-0.3, -0.25) is 4.21 Å². The van der Waals surface area contributed by atoms with Crippen LogP contribution in [0.2, 0.25) is 0 Å². The van der Waals surface area contributed by atoms with E-state index in [1.165, 1.54) is 12.0 Å². The summed E-state index contributed by atoms with van der Waals surface area (Å²) < 4.78 is 10.9. The largest absolute Gasteiger partial charge is 0.260 e. The maximum atomic E-state index is 10.9. The van der Waals surface area contributed by atoms with Gasteiger partial charge in [0.1, 0.15) is 0 Å². The lowest BCUT2D eigenvalue weighted by Gasteiger charge is -2.11. The molecule has 1 nitrogen and oxygen atoms in total. The lowest BCUT2D eigenvalue weighted by atomic mass is 10.00. The minimum atomic E-state index is -0.636. The SMILES string of the molecule is CC.CC1=CC(CS(C)=O)C(C)C1. The molecule has 0 fully saturated rings. The Kier molecular flexibility index (Phi) is 6.31. The Morgan fingerprint density at radius 2 is 2.08 bits per heavy atom. The average Bonchev–Trinajstić information content (AvgIpc) is 2.33. The highest BCUT2D eigenvalue weighted by atomic mass is 32.2. The molecule has 0 bridgehead atoms. The van der Waals surface area contributed by atoms with Crippen molar-refractivity contribution in [2.24, 2.45) is 11.8 Å². The zero-order valence-electron chi connectivity index (χ0n) is 9.46. The minimum Gasteiger partial charge on any atom is -0.260 e. The van der Waals surface area contributed by atoms with Crippen LogP contribution in [0.25, 0.3) is 0 Å². The van der Waals surface area contributed by atoms with E-state index in [-0.39, 0.29) is 0 Å². The monoisotopic (exact) mass is 202 g/mol. The van der Waals surface area contributed by atoms with Gasteiger partial charge in [-0.05, 0) is 25.2 Å². The first kappa shape index (κ1) is 12.9. The van der Waals surface area contributed by atoms with E-state index in [9.17, 15) is 4.21 Å². The van der Waals surface area contributed by atoms with E-state index in [1.807, 2.05) is 13.8 Å². The smallest absolute Gasteiger partial charge is 0.0297 e. The van der Waals surface area contributed by atoms with Gasteiger partial charge in [0.25, 0.3) is 0 Å². The van der Waals surface area contributed by atoms with Crippen LogP contribution in [0.1, 0.15) is 34.1 Å². The standard InChI is InChI=1S/C9H16OS.C2H6/c1-7-4-8(2)9(5-7)6-11(3)10;1-2/h5,8-9H,4,6H2,1-3H3;1-2H3. The number of hydrogen-bond acceptors (Lipinski definition) is 1. The second-order valence-electron chi connectivity index (χ2n) is 3.60. The van der Waals surface area contributed by atoms with Crippen LogP contribution < -0.4 is 0 Å². The first-order valence-electron chi connectivity index (χ1n) is 5.07. The van der Waals surface area contributed by atoms with E-state index in [4.69, 9.17) is 0 Å². The fourth-order valence-corrected chi connectivity index (χ4v) is 2.71. The maximum absolute atomic E-state index is 10.9. The second kappa shape index (κ2) is 6.36. The van der Waals surface area contributed by atoms with Crippen molar-refractivity contribution in [3.8, 4) is 0 Å². The van der Waals surface area contributed by atoms with Gasteiger partial charge in [-0.2, -0.15) is 0 Å². The molecule has 13 heavy (non-hydrogen) atoms. The van der Waals surface area contributed by atoms with Gasteiger partial charge in [0.15, 0.2) is 0 Å². The maximum Gasteiger partial charge on any atom is 0.0297 e. The zero-order chi connectivity index (χ0) is 10.4. The molecule has 0 saturated heterocycles. The summed E-state index contributed by atoms with van der Waals surface area (Å²) in [6.07, 6.45) is 5.27. The van der Waals surface area contributed by atoms with Crippen LogP contribution in [0.5, 0.6) is 0 Å². The van der Waals surface area contributed by atoms with Gasteiger partial charge in [-0.15, -0.1) is 0 Å². The molecule has 3 unspecified atom stereocenters. The number of rotatable bonds is 2.